The molecule has 0 aromatic carbocycles. The fraction of sp³-hybridized carbons (Fsp3) is 0.611. The van der Waals surface area contributed by atoms with E-state index < -0.39 is 0 Å². The average molecular weight is 342 g/mol. The first-order valence-electron chi connectivity index (χ1n) is 9.01. The first-order chi connectivity index (χ1) is 11.7. The fourth-order valence-electron chi connectivity index (χ4n) is 4.19. The van der Waals surface area contributed by atoms with Gasteiger partial charge in [0.05, 0.1) is 5.39 Å². The lowest BCUT2D eigenvalue weighted by atomic mass is 10.1. The molecule has 6 heteroatoms. The van der Waals surface area contributed by atoms with Crippen LogP contribution in [0.15, 0.2) is 6.33 Å². The van der Waals surface area contributed by atoms with E-state index in [-0.39, 0.29) is 0 Å². The molecule has 0 bridgehead atoms. The maximum absolute atomic E-state index is 12.4. The second-order valence-corrected chi connectivity index (χ2v) is 8.45. The van der Waals surface area contributed by atoms with Crippen LogP contribution in [-0.2, 0) is 17.6 Å². The number of carbonyl (C=O) groups is 1. The molecule has 2 aromatic rings. The van der Waals surface area contributed by atoms with Crippen molar-refractivity contribution in [2.75, 3.05) is 31.1 Å². The molecule has 5 nitrogen and oxygen atoms in total. The number of amides is 1. The summed E-state index contributed by atoms with van der Waals surface area (Å²) in [6.07, 6.45) is 6.39. The van der Waals surface area contributed by atoms with Crippen molar-refractivity contribution in [3.8, 4) is 0 Å². The first kappa shape index (κ1) is 14.6. The third-order valence-corrected chi connectivity index (χ3v) is 7.00. The van der Waals surface area contributed by atoms with Crippen molar-refractivity contribution in [1.82, 2.24) is 14.9 Å². The number of aromatic nitrogens is 2. The third-order valence-electron chi connectivity index (χ3n) is 5.80. The summed E-state index contributed by atoms with van der Waals surface area (Å²) < 4.78 is 0. The summed E-state index contributed by atoms with van der Waals surface area (Å²) in [5.74, 6) is 2.34. The van der Waals surface area contributed by atoms with Crippen LogP contribution in [0.5, 0.6) is 0 Å². The molecule has 2 unspecified atom stereocenters. The van der Waals surface area contributed by atoms with Crippen LogP contribution in [0.25, 0.3) is 10.2 Å². The van der Waals surface area contributed by atoms with Gasteiger partial charge >= 0.3 is 0 Å². The SMILES string of the molecule is CC1CC1C(=O)N1CCN(c2ncnc3sc4c(c23)CCC4)CC1. The molecule has 3 aliphatic rings. The lowest BCUT2D eigenvalue weighted by molar-refractivity contribution is -0.133. The van der Waals surface area contributed by atoms with Crippen LogP contribution in [0.1, 0.15) is 30.2 Å². The Balaban J connectivity index is 1.38. The Bertz CT molecular complexity index is 809. The molecule has 0 N–H and O–H groups in total. The number of nitrogens with zero attached hydrogens (tertiary/aromatic N) is 4. The van der Waals surface area contributed by atoms with Gasteiger partial charge in [-0.15, -0.1) is 11.3 Å². The molecule has 0 spiro atoms. The van der Waals surface area contributed by atoms with E-state index in [0.717, 1.165) is 49.7 Å². The van der Waals surface area contributed by atoms with Crippen LogP contribution < -0.4 is 4.90 Å². The van der Waals surface area contributed by atoms with E-state index in [4.69, 9.17) is 0 Å². The number of anilines is 1. The van der Waals surface area contributed by atoms with E-state index in [2.05, 4.69) is 26.7 Å². The van der Waals surface area contributed by atoms with Crippen molar-refractivity contribution in [2.24, 2.45) is 11.8 Å². The minimum Gasteiger partial charge on any atom is -0.352 e. The number of aryl methyl sites for hydroxylation is 2. The standard InChI is InChI=1S/C18H22N4OS/c1-11-9-13(11)18(23)22-7-5-21(6-8-22)16-15-12-3-2-4-14(12)24-17(15)20-10-19-16/h10-11,13H,2-9H2,1H3. The Labute approximate surface area is 145 Å². The van der Waals surface area contributed by atoms with Gasteiger partial charge < -0.3 is 9.80 Å². The predicted molar refractivity (Wildman–Crippen MR) is 95.5 cm³/mol. The molecule has 1 saturated carbocycles. The van der Waals surface area contributed by atoms with Gasteiger partial charge in [0.2, 0.25) is 5.91 Å². The lowest BCUT2D eigenvalue weighted by Gasteiger charge is -2.36. The Morgan fingerprint density at radius 2 is 2.00 bits per heavy atom. The van der Waals surface area contributed by atoms with Gasteiger partial charge in [-0.3, -0.25) is 4.79 Å². The molecule has 3 heterocycles. The number of carbonyl (C=O) groups excluding carboxylic acids is 1. The van der Waals surface area contributed by atoms with Crippen molar-refractivity contribution in [3.05, 3.63) is 16.8 Å². The number of fused-ring (bicyclic) bond motifs is 3. The highest BCUT2D eigenvalue weighted by Crippen LogP contribution is 2.41. The molecule has 126 valence electrons. The summed E-state index contributed by atoms with van der Waals surface area (Å²) in [5.41, 5.74) is 1.48. The van der Waals surface area contributed by atoms with E-state index in [1.54, 1.807) is 6.33 Å². The predicted octanol–water partition coefficient (Wildman–Crippen LogP) is 2.48. The maximum Gasteiger partial charge on any atom is 0.226 e. The van der Waals surface area contributed by atoms with Crippen LogP contribution in [0.4, 0.5) is 5.82 Å². The highest BCUT2D eigenvalue weighted by atomic mass is 32.1. The topological polar surface area (TPSA) is 49.3 Å². The summed E-state index contributed by atoms with van der Waals surface area (Å²) in [4.78, 5) is 28.6. The zero-order chi connectivity index (χ0) is 16.3. The molecule has 2 aliphatic carbocycles. The van der Waals surface area contributed by atoms with Gasteiger partial charge in [-0.2, -0.15) is 0 Å². The second kappa shape index (κ2) is 5.41. The van der Waals surface area contributed by atoms with Crippen molar-refractivity contribution in [2.45, 2.75) is 32.6 Å². The number of hydrogen-bond donors (Lipinski definition) is 0. The summed E-state index contributed by atoms with van der Waals surface area (Å²) in [5, 5.41) is 1.28. The second-order valence-electron chi connectivity index (χ2n) is 7.37. The zero-order valence-electron chi connectivity index (χ0n) is 14.0. The van der Waals surface area contributed by atoms with Crippen molar-refractivity contribution >= 4 is 33.3 Å². The Morgan fingerprint density at radius 1 is 1.21 bits per heavy atom. The summed E-state index contributed by atoms with van der Waals surface area (Å²) in [6.45, 7) is 5.57. The van der Waals surface area contributed by atoms with Crippen LogP contribution in [-0.4, -0.2) is 47.0 Å². The highest BCUT2D eigenvalue weighted by molar-refractivity contribution is 7.19. The summed E-state index contributed by atoms with van der Waals surface area (Å²) >= 11 is 1.84. The van der Waals surface area contributed by atoms with Gasteiger partial charge in [0.1, 0.15) is 17.0 Å². The zero-order valence-corrected chi connectivity index (χ0v) is 14.8. The number of piperazine rings is 1. The molecule has 1 aliphatic heterocycles. The van der Waals surface area contributed by atoms with Crippen molar-refractivity contribution in [3.63, 3.8) is 0 Å². The third kappa shape index (κ3) is 2.23. The molecule has 5 rings (SSSR count). The molecule has 1 amide bonds. The van der Waals surface area contributed by atoms with E-state index in [0.29, 0.717) is 17.7 Å². The maximum atomic E-state index is 12.4. The number of hydrogen-bond acceptors (Lipinski definition) is 5. The lowest BCUT2D eigenvalue weighted by Crippen LogP contribution is -2.49. The van der Waals surface area contributed by atoms with E-state index in [9.17, 15) is 4.79 Å². The van der Waals surface area contributed by atoms with Gasteiger partial charge in [0, 0.05) is 37.0 Å². The van der Waals surface area contributed by atoms with Crippen LogP contribution in [0.2, 0.25) is 0 Å². The Hall–Kier alpha value is -1.69. The summed E-state index contributed by atoms with van der Waals surface area (Å²) in [6, 6.07) is 0. The molecule has 1 saturated heterocycles. The van der Waals surface area contributed by atoms with Crippen LogP contribution >= 0.6 is 11.3 Å². The first-order valence-corrected chi connectivity index (χ1v) is 9.83. The van der Waals surface area contributed by atoms with Gasteiger partial charge in [-0.05, 0) is 37.2 Å². The molecule has 2 atom stereocenters. The minimum absolute atomic E-state index is 0.294. The molecule has 2 aromatic heterocycles. The fourth-order valence-corrected chi connectivity index (χ4v) is 5.41. The Morgan fingerprint density at radius 3 is 2.75 bits per heavy atom. The van der Waals surface area contributed by atoms with Crippen molar-refractivity contribution in [1.29, 1.82) is 0 Å². The van der Waals surface area contributed by atoms with Gasteiger partial charge in [0.25, 0.3) is 0 Å². The van der Waals surface area contributed by atoms with Crippen LogP contribution in [0, 0.1) is 11.8 Å². The highest BCUT2D eigenvalue weighted by Gasteiger charge is 2.42. The van der Waals surface area contributed by atoms with E-state index in [1.165, 1.54) is 28.7 Å². The van der Waals surface area contributed by atoms with Gasteiger partial charge in [-0.25, -0.2) is 9.97 Å². The van der Waals surface area contributed by atoms with E-state index in [1.807, 2.05) is 11.3 Å². The molecule has 0 radical (unpaired) electrons. The number of rotatable bonds is 2. The number of thiophene rings is 1. The summed E-state index contributed by atoms with van der Waals surface area (Å²) in [7, 11) is 0. The average Bonchev–Trinajstić information content (AvgIpc) is 3.02. The smallest absolute Gasteiger partial charge is 0.226 e. The molecular weight excluding hydrogens is 320 g/mol. The van der Waals surface area contributed by atoms with E-state index >= 15 is 0 Å². The van der Waals surface area contributed by atoms with Gasteiger partial charge in [0.15, 0.2) is 0 Å². The largest absolute Gasteiger partial charge is 0.352 e. The van der Waals surface area contributed by atoms with Crippen molar-refractivity contribution < 1.29 is 4.79 Å². The van der Waals surface area contributed by atoms with Crippen LogP contribution in [0.3, 0.4) is 0 Å². The minimum atomic E-state index is 0.294. The normalized spacial score (nSPS) is 26.0. The molecule has 24 heavy (non-hydrogen) atoms. The Kier molecular flexibility index (Phi) is 3.30. The monoisotopic (exact) mass is 342 g/mol. The quantitative estimate of drug-likeness (QED) is 0.841. The molecular formula is C18H22N4OS. The molecule has 2 fully saturated rings. The van der Waals surface area contributed by atoms with Gasteiger partial charge in [-0.1, -0.05) is 6.92 Å².